The van der Waals surface area contributed by atoms with Crippen molar-refractivity contribution in [1.29, 1.82) is 0 Å². The zero-order valence-corrected chi connectivity index (χ0v) is 18.6. The van der Waals surface area contributed by atoms with E-state index in [4.69, 9.17) is 9.47 Å². The number of amides is 1. The summed E-state index contributed by atoms with van der Waals surface area (Å²) in [5.41, 5.74) is 2.36. The van der Waals surface area contributed by atoms with E-state index in [0.717, 1.165) is 11.1 Å². The third-order valence-corrected chi connectivity index (χ3v) is 5.94. The Kier molecular flexibility index (Phi) is 6.16. The van der Waals surface area contributed by atoms with E-state index in [9.17, 15) is 13.2 Å². The van der Waals surface area contributed by atoms with Gasteiger partial charge in [-0.3, -0.25) is 9.52 Å². The van der Waals surface area contributed by atoms with Crippen molar-refractivity contribution in [3.8, 4) is 11.8 Å². The molecule has 0 saturated heterocycles. The first-order chi connectivity index (χ1) is 14.7. The van der Waals surface area contributed by atoms with E-state index < -0.39 is 15.9 Å². The number of nitrogens with one attached hydrogen (secondary N) is 2. The smallest absolute Gasteiger partial charge is 0.267 e. The largest absolute Gasteiger partial charge is 0.481 e. The number of benzene rings is 1. The molecule has 11 heteroatoms. The van der Waals surface area contributed by atoms with Crippen LogP contribution in [0.15, 0.2) is 41.6 Å². The highest BCUT2D eigenvalue weighted by atomic mass is 32.2. The van der Waals surface area contributed by atoms with Crippen LogP contribution in [0.5, 0.6) is 11.8 Å². The van der Waals surface area contributed by atoms with Gasteiger partial charge >= 0.3 is 0 Å². The van der Waals surface area contributed by atoms with E-state index in [0.29, 0.717) is 5.69 Å². The molecule has 10 nitrogen and oxygen atoms in total. The van der Waals surface area contributed by atoms with Gasteiger partial charge < -0.3 is 14.8 Å². The molecule has 31 heavy (non-hydrogen) atoms. The fraction of sp³-hybridized carbons (Fsp3) is 0.250. The van der Waals surface area contributed by atoms with Gasteiger partial charge in [-0.15, -0.1) is 0 Å². The quantitative estimate of drug-likeness (QED) is 0.572. The summed E-state index contributed by atoms with van der Waals surface area (Å²) < 4.78 is 40.5. The van der Waals surface area contributed by atoms with Gasteiger partial charge in [-0.1, -0.05) is 18.2 Å². The fourth-order valence-corrected chi connectivity index (χ4v) is 4.38. The number of aryl methyl sites for hydroxylation is 3. The lowest BCUT2D eigenvalue weighted by Crippen LogP contribution is -2.18. The number of hydrogen-bond donors (Lipinski definition) is 2. The molecule has 2 aromatic heterocycles. The fourth-order valence-electron chi connectivity index (χ4n) is 3.03. The molecule has 1 amide bonds. The first-order valence-corrected chi connectivity index (χ1v) is 10.7. The number of aromatic nitrogens is 3. The molecule has 0 spiro atoms. The van der Waals surface area contributed by atoms with Crippen molar-refractivity contribution in [2.45, 2.75) is 18.7 Å². The summed E-state index contributed by atoms with van der Waals surface area (Å²) in [7, 11) is 0.313. The summed E-state index contributed by atoms with van der Waals surface area (Å²) in [4.78, 5) is 16.5. The number of para-hydroxylation sites is 1. The van der Waals surface area contributed by atoms with Crippen LogP contribution in [0.2, 0.25) is 0 Å². The number of methoxy groups -OCH3 is 2. The predicted octanol–water partition coefficient (Wildman–Crippen LogP) is 2.50. The lowest BCUT2D eigenvalue weighted by atomic mass is 10.1. The first-order valence-electron chi connectivity index (χ1n) is 9.18. The molecule has 0 bridgehead atoms. The number of ether oxygens (including phenoxy) is 2. The maximum absolute atomic E-state index is 13.1. The van der Waals surface area contributed by atoms with Gasteiger partial charge in [-0.05, 0) is 31.0 Å². The molecule has 0 atom stereocenters. The van der Waals surface area contributed by atoms with Crippen LogP contribution >= 0.6 is 0 Å². The van der Waals surface area contributed by atoms with Crippen LogP contribution in [0.1, 0.15) is 21.5 Å². The van der Waals surface area contributed by atoms with Gasteiger partial charge in [0.1, 0.15) is 5.56 Å². The van der Waals surface area contributed by atoms with Crippen molar-refractivity contribution in [3.63, 3.8) is 0 Å². The van der Waals surface area contributed by atoms with Crippen molar-refractivity contribution >= 4 is 27.3 Å². The van der Waals surface area contributed by atoms with Crippen molar-refractivity contribution < 1.29 is 22.7 Å². The van der Waals surface area contributed by atoms with Gasteiger partial charge in [0.05, 0.1) is 38.0 Å². The predicted molar refractivity (Wildman–Crippen MR) is 115 cm³/mol. The number of hydrogen-bond acceptors (Lipinski definition) is 7. The number of rotatable bonds is 7. The maximum atomic E-state index is 13.1. The van der Waals surface area contributed by atoms with E-state index >= 15 is 0 Å². The first kappa shape index (κ1) is 22.1. The summed E-state index contributed by atoms with van der Waals surface area (Å²) in [6.45, 7) is 3.61. The monoisotopic (exact) mass is 445 g/mol. The molecule has 0 fully saturated rings. The van der Waals surface area contributed by atoms with Crippen molar-refractivity contribution in [3.05, 3.63) is 53.3 Å². The maximum Gasteiger partial charge on any atom is 0.267 e. The van der Waals surface area contributed by atoms with Crippen molar-refractivity contribution in [2.75, 3.05) is 24.3 Å². The number of nitrogens with zero attached hydrogens (tertiary/aromatic N) is 3. The standard InChI is InChI=1S/C20H23N5O5S/c1-12-7-6-8-13(2)17(12)24-31(27,28)16-9-14(10-21-19(16)29-4)23-18(26)15-11-22-25(3)20(15)30-5/h6-11,24H,1-5H3,(H,23,26). The van der Waals surface area contributed by atoms with E-state index in [1.54, 1.807) is 33.0 Å². The van der Waals surface area contributed by atoms with Gasteiger partial charge in [-0.2, -0.15) is 5.10 Å². The summed E-state index contributed by atoms with van der Waals surface area (Å²) >= 11 is 0. The lowest BCUT2D eigenvalue weighted by Gasteiger charge is -2.15. The second-order valence-corrected chi connectivity index (χ2v) is 8.40. The topological polar surface area (TPSA) is 124 Å². The number of sulfonamides is 1. The molecule has 0 aliphatic rings. The summed E-state index contributed by atoms with van der Waals surface area (Å²) in [5.74, 6) is -0.359. The normalized spacial score (nSPS) is 11.1. The molecule has 1 aromatic carbocycles. The Morgan fingerprint density at radius 2 is 1.77 bits per heavy atom. The zero-order valence-electron chi connectivity index (χ0n) is 17.8. The Bertz CT molecular complexity index is 1220. The average Bonchev–Trinajstić information content (AvgIpc) is 3.11. The van der Waals surface area contributed by atoms with Crippen LogP contribution in [0.25, 0.3) is 0 Å². The van der Waals surface area contributed by atoms with Crippen molar-refractivity contribution in [2.24, 2.45) is 7.05 Å². The SMILES string of the molecule is COc1ncc(NC(=O)c2cnn(C)c2OC)cc1S(=O)(=O)Nc1c(C)cccc1C. The molecular weight excluding hydrogens is 422 g/mol. The van der Waals surface area contributed by atoms with Crippen LogP contribution in [0.4, 0.5) is 11.4 Å². The van der Waals surface area contributed by atoms with Gasteiger partial charge in [0.2, 0.25) is 11.8 Å². The second-order valence-electron chi connectivity index (χ2n) is 6.75. The van der Waals surface area contributed by atoms with E-state index in [2.05, 4.69) is 20.1 Å². The molecule has 0 radical (unpaired) electrons. The molecule has 0 saturated carbocycles. The molecule has 0 aliphatic heterocycles. The molecule has 0 unspecified atom stereocenters. The van der Waals surface area contributed by atoms with Gasteiger partial charge in [0.25, 0.3) is 15.9 Å². The summed E-state index contributed by atoms with van der Waals surface area (Å²) in [5, 5.41) is 6.60. The summed E-state index contributed by atoms with van der Waals surface area (Å²) in [6, 6.07) is 6.73. The van der Waals surface area contributed by atoms with E-state index in [1.807, 2.05) is 6.07 Å². The van der Waals surface area contributed by atoms with Gasteiger partial charge in [0, 0.05) is 7.05 Å². The molecule has 164 valence electrons. The van der Waals surface area contributed by atoms with Crippen LogP contribution < -0.4 is 19.5 Å². The Labute approximate surface area is 180 Å². The number of carbonyl (C=O) groups is 1. The lowest BCUT2D eigenvalue weighted by molar-refractivity contribution is 0.102. The molecule has 0 aliphatic carbocycles. The van der Waals surface area contributed by atoms with Crippen LogP contribution in [0, 0.1) is 13.8 Å². The number of pyridine rings is 1. The molecular formula is C20H23N5O5S. The Hall–Kier alpha value is -3.60. The molecule has 3 aromatic rings. The minimum absolute atomic E-state index is 0.101. The molecule has 2 heterocycles. The number of carbonyl (C=O) groups excluding carboxylic acids is 1. The third-order valence-electron chi connectivity index (χ3n) is 4.60. The van der Waals surface area contributed by atoms with Crippen LogP contribution in [-0.2, 0) is 17.1 Å². The number of anilines is 2. The Balaban J connectivity index is 1.96. The minimum atomic E-state index is -4.06. The second kappa shape index (κ2) is 8.64. The summed E-state index contributed by atoms with van der Waals surface area (Å²) in [6.07, 6.45) is 2.66. The highest BCUT2D eigenvalue weighted by molar-refractivity contribution is 7.92. The highest BCUT2D eigenvalue weighted by Crippen LogP contribution is 2.29. The third kappa shape index (κ3) is 4.45. The average molecular weight is 446 g/mol. The zero-order chi connectivity index (χ0) is 22.8. The molecule has 3 rings (SSSR count). The van der Waals surface area contributed by atoms with E-state index in [1.165, 1.54) is 37.4 Å². The van der Waals surface area contributed by atoms with Crippen molar-refractivity contribution in [1.82, 2.24) is 14.8 Å². The molecule has 2 N–H and O–H groups in total. The van der Waals surface area contributed by atoms with E-state index in [-0.39, 0.29) is 27.9 Å². The Morgan fingerprint density at radius 1 is 1.10 bits per heavy atom. The van der Waals surface area contributed by atoms with Gasteiger partial charge in [0.15, 0.2) is 4.90 Å². The minimum Gasteiger partial charge on any atom is -0.481 e. The highest BCUT2D eigenvalue weighted by Gasteiger charge is 2.24. The Morgan fingerprint density at radius 3 is 2.39 bits per heavy atom. The van der Waals surface area contributed by atoms with Crippen LogP contribution in [-0.4, -0.2) is 43.3 Å². The van der Waals surface area contributed by atoms with Gasteiger partial charge in [-0.25, -0.2) is 18.1 Å². The van der Waals surface area contributed by atoms with Crippen LogP contribution in [0.3, 0.4) is 0 Å².